The van der Waals surface area contributed by atoms with Gasteiger partial charge in [0.2, 0.25) is 5.91 Å². The number of furan rings is 1. The quantitative estimate of drug-likeness (QED) is 0.593. The Labute approximate surface area is 160 Å². The first kappa shape index (κ1) is 18.8. The Morgan fingerprint density at radius 2 is 2.04 bits per heavy atom. The van der Waals surface area contributed by atoms with Gasteiger partial charge in [-0.2, -0.15) is 0 Å². The second-order valence-corrected chi connectivity index (χ2v) is 6.54. The van der Waals surface area contributed by atoms with Gasteiger partial charge in [-0.05, 0) is 29.8 Å². The maximum absolute atomic E-state index is 12.2. The van der Waals surface area contributed by atoms with E-state index < -0.39 is 0 Å². The molecule has 0 fully saturated rings. The molecule has 0 radical (unpaired) electrons. The second kappa shape index (κ2) is 8.63. The first-order chi connectivity index (χ1) is 13.1. The minimum absolute atomic E-state index is 0.0997. The van der Waals surface area contributed by atoms with E-state index in [0.29, 0.717) is 34.8 Å². The van der Waals surface area contributed by atoms with E-state index in [1.165, 1.54) is 11.8 Å². The lowest BCUT2D eigenvalue weighted by Crippen LogP contribution is -2.24. The molecule has 0 aliphatic rings. The molecule has 27 heavy (non-hydrogen) atoms. The van der Waals surface area contributed by atoms with Crippen molar-refractivity contribution in [1.82, 2.24) is 20.1 Å². The summed E-state index contributed by atoms with van der Waals surface area (Å²) in [7, 11) is 5.00. The SMILES string of the molecule is COc1ccc(CNC(=O)CSc2nnc(-c3ccco3)n2C)cc1OC. The van der Waals surface area contributed by atoms with Crippen molar-refractivity contribution < 1.29 is 18.7 Å². The van der Waals surface area contributed by atoms with E-state index in [-0.39, 0.29) is 11.7 Å². The molecule has 1 amide bonds. The summed E-state index contributed by atoms with van der Waals surface area (Å²) in [4.78, 5) is 12.2. The van der Waals surface area contributed by atoms with Crippen molar-refractivity contribution in [3.8, 4) is 23.1 Å². The molecule has 0 unspecified atom stereocenters. The smallest absolute Gasteiger partial charge is 0.230 e. The maximum Gasteiger partial charge on any atom is 0.230 e. The Kier molecular flexibility index (Phi) is 6.02. The standard InChI is InChI=1S/C18H20N4O4S/c1-22-17(14-5-4-8-26-14)20-21-18(22)27-11-16(23)19-10-12-6-7-13(24-2)15(9-12)25-3/h4-9H,10-11H2,1-3H3,(H,19,23). The molecule has 1 N–H and O–H groups in total. The van der Waals surface area contributed by atoms with Crippen molar-refractivity contribution in [2.45, 2.75) is 11.7 Å². The van der Waals surface area contributed by atoms with Crippen LogP contribution < -0.4 is 14.8 Å². The molecular formula is C18H20N4O4S. The van der Waals surface area contributed by atoms with Crippen LogP contribution >= 0.6 is 11.8 Å². The van der Waals surface area contributed by atoms with Gasteiger partial charge in [0, 0.05) is 13.6 Å². The topological polar surface area (TPSA) is 91.4 Å². The largest absolute Gasteiger partial charge is 0.493 e. The van der Waals surface area contributed by atoms with Gasteiger partial charge in [0.15, 0.2) is 28.2 Å². The van der Waals surface area contributed by atoms with E-state index in [1.807, 2.05) is 31.3 Å². The Morgan fingerprint density at radius 3 is 2.74 bits per heavy atom. The van der Waals surface area contributed by atoms with Crippen LogP contribution in [0.5, 0.6) is 11.5 Å². The summed E-state index contributed by atoms with van der Waals surface area (Å²) in [6.07, 6.45) is 1.58. The average Bonchev–Trinajstić information content (AvgIpc) is 3.34. The number of benzene rings is 1. The monoisotopic (exact) mass is 388 g/mol. The predicted molar refractivity (Wildman–Crippen MR) is 101 cm³/mol. The van der Waals surface area contributed by atoms with Crippen LogP contribution in [0.2, 0.25) is 0 Å². The van der Waals surface area contributed by atoms with Gasteiger partial charge in [-0.15, -0.1) is 10.2 Å². The number of amides is 1. The Balaban J connectivity index is 1.53. The summed E-state index contributed by atoms with van der Waals surface area (Å²) in [5.74, 6) is 2.67. The van der Waals surface area contributed by atoms with Gasteiger partial charge in [-0.1, -0.05) is 17.8 Å². The molecule has 0 saturated heterocycles. The van der Waals surface area contributed by atoms with E-state index in [4.69, 9.17) is 13.9 Å². The first-order valence-electron chi connectivity index (χ1n) is 8.16. The van der Waals surface area contributed by atoms with Crippen molar-refractivity contribution in [3.05, 3.63) is 42.2 Å². The summed E-state index contributed by atoms with van der Waals surface area (Å²) in [5, 5.41) is 11.7. The average molecular weight is 388 g/mol. The lowest BCUT2D eigenvalue weighted by Gasteiger charge is -2.10. The zero-order chi connectivity index (χ0) is 19.2. The molecule has 0 aliphatic heterocycles. The molecule has 2 heterocycles. The number of carbonyl (C=O) groups excluding carboxylic acids is 1. The number of hydrogen-bond acceptors (Lipinski definition) is 7. The molecule has 0 bridgehead atoms. The van der Waals surface area contributed by atoms with Crippen molar-refractivity contribution >= 4 is 17.7 Å². The van der Waals surface area contributed by atoms with E-state index in [2.05, 4.69) is 15.5 Å². The van der Waals surface area contributed by atoms with Crippen LogP contribution in [0.4, 0.5) is 0 Å². The fourth-order valence-corrected chi connectivity index (χ4v) is 3.17. The van der Waals surface area contributed by atoms with E-state index in [9.17, 15) is 4.79 Å². The Bertz CT molecular complexity index is 908. The number of ether oxygens (including phenoxy) is 2. The molecule has 8 nitrogen and oxygen atoms in total. The fourth-order valence-electron chi connectivity index (χ4n) is 2.43. The molecule has 2 aromatic heterocycles. The normalized spacial score (nSPS) is 10.6. The number of methoxy groups -OCH3 is 2. The third kappa shape index (κ3) is 4.43. The molecule has 9 heteroatoms. The molecule has 142 valence electrons. The van der Waals surface area contributed by atoms with Crippen molar-refractivity contribution in [1.29, 1.82) is 0 Å². The minimum Gasteiger partial charge on any atom is -0.493 e. The van der Waals surface area contributed by atoms with Gasteiger partial charge < -0.3 is 23.8 Å². The van der Waals surface area contributed by atoms with Crippen LogP contribution in [0.1, 0.15) is 5.56 Å². The third-order valence-electron chi connectivity index (χ3n) is 3.85. The highest BCUT2D eigenvalue weighted by molar-refractivity contribution is 7.99. The molecular weight excluding hydrogens is 368 g/mol. The van der Waals surface area contributed by atoms with Gasteiger partial charge in [-0.3, -0.25) is 4.79 Å². The van der Waals surface area contributed by atoms with Crippen LogP contribution in [0.15, 0.2) is 46.2 Å². The summed E-state index contributed by atoms with van der Waals surface area (Å²) >= 11 is 1.31. The number of nitrogens with zero attached hydrogens (tertiary/aromatic N) is 3. The minimum atomic E-state index is -0.0997. The summed E-state index contributed by atoms with van der Waals surface area (Å²) in [6.45, 7) is 0.399. The van der Waals surface area contributed by atoms with Crippen LogP contribution in [-0.2, 0) is 18.4 Å². The highest BCUT2D eigenvalue weighted by Crippen LogP contribution is 2.27. The maximum atomic E-state index is 12.2. The Hall–Kier alpha value is -2.94. The van der Waals surface area contributed by atoms with Gasteiger partial charge in [0.1, 0.15) is 0 Å². The number of rotatable bonds is 8. The predicted octanol–water partition coefficient (Wildman–Crippen LogP) is 2.50. The zero-order valence-electron chi connectivity index (χ0n) is 15.3. The van der Waals surface area contributed by atoms with Crippen molar-refractivity contribution in [3.63, 3.8) is 0 Å². The van der Waals surface area contributed by atoms with E-state index >= 15 is 0 Å². The van der Waals surface area contributed by atoms with Gasteiger partial charge in [0.05, 0.1) is 26.2 Å². The van der Waals surface area contributed by atoms with Crippen LogP contribution in [0, 0.1) is 0 Å². The molecule has 1 aromatic carbocycles. The van der Waals surface area contributed by atoms with Gasteiger partial charge in [0.25, 0.3) is 0 Å². The lowest BCUT2D eigenvalue weighted by molar-refractivity contribution is -0.118. The lowest BCUT2D eigenvalue weighted by atomic mass is 10.2. The summed E-state index contributed by atoms with van der Waals surface area (Å²) in [6, 6.07) is 9.13. The van der Waals surface area contributed by atoms with Gasteiger partial charge in [-0.25, -0.2) is 0 Å². The van der Waals surface area contributed by atoms with Crippen LogP contribution in [0.25, 0.3) is 11.6 Å². The number of nitrogens with one attached hydrogen (secondary N) is 1. The number of carbonyl (C=O) groups is 1. The molecule has 0 saturated carbocycles. The summed E-state index contributed by atoms with van der Waals surface area (Å²) in [5.41, 5.74) is 0.921. The molecule has 3 aromatic rings. The first-order valence-corrected chi connectivity index (χ1v) is 9.14. The fraction of sp³-hybridized carbons (Fsp3) is 0.278. The van der Waals surface area contributed by atoms with Crippen LogP contribution in [-0.4, -0.2) is 40.6 Å². The second-order valence-electron chi connectivity index (χ2n) is 5.60. The van der Waals surface area contributed by atoms with Gasteiger partial charge >= 0.3 is 0 Å². The van der Waals surface area contributed by atoms with E-state index in [1.54, 1.807) is 31.1 Å². The molecule has 3 rings (SSSR count). The van der Waals surface area contributed by atoms with Crippen molar-refractivity contribution in [2.24, 2.45) is 7.05 Å². The molecule has 0 spiro atoms. The number of thioether (sulfide) groups is 1. The van der Waals surface area contributed by atoms with E-state index in [0.717, 1.165) is 5.56 Å². The third-order valence-corrected chi connectivity index (χ3v) is 4.87. The highest BCUT2D eigenvalue weighted by atomic mass is 32.2. The summed E-state index contributed by atoms with van der Waals surface area (Å²) < 4.78 is 17.6. The highest BCUT2D eigenvalue weighted by Gasteiger charge is 2.14. The Morgan fingerprint density at radius 1 is 1.22 bits per heavy atom. The number of hydrogen-bond donors (Lipinski definition) is 1. The number of aromatic nitrogens is 3. The van der Waals surface area contributed by atoms with Crippen LogP contribution in [0.3, 0.4) is 0 Å². The van der Waals surface area contributed by atoms with Crippen molar-refractivity contribution in [2.75, 3.05) is 20.0 Å². The zero-order valence-corrected chi connectivity index (χ0v) is 16.1. The molecule has 0 aliphatic carbocycles. The molecule has 0 atom stereocenters.